The standard InChI is InChI=1S/C14H30O4Si2/c1-7-9-13-19(3,4)18-20(5,6)17-12-10-11-16-14(15)8-2/h8H,2,7,9-13H2,1,3-6H3. The van der Waals surface area contributed by atoms with Crippen LogP contribution in [0.4, 0.5) is 0 Å². The number of ether oxygens (including phenoxy) is 1. The molecule has 0 aliphatic carbocycles. The average molecular weight is 319 g/mol. The van der Waals surface area contributed by atoms with E-state index < -0.39 is 16.9 Å². The lowest BCUT2D eigenvalue weighted by Crippen LogP contribution is -2.46. The van der Waals surface area contributed by atoms with Crippen molar-refractivity contribution in [2.45, 2.75) is 58.4 Å². The third-order valence-corrected chi connectivity index (χ3v) is 9.44. The van der Waals surface area contributed by atoms with Crippen molar-refractivity contribution in [2.75, 3.05) is 13.2 Å². The van der Waals surface area contributed by atoms with E-state index in [2.05, 4.69) is 39.7 Å². The Morgan fingerprint density at radius 2 is 1.80 bits per heavy atom. The summed E-state index contributed by atoms with van der Waals surface area (Å²) >= 11 is 0. The maximum absolute atomic E-state index is 10.9. The SMILES string of the molecule is C=CC(=O)OCCCO[Si](C)(C)O[Si](C)(C)CCCC. The Bertz CT molecular complexity index is 304. The normalized spacial score (nSPS) is 12.2. The molecule has 0 aliphatic rings. The van der Waals surface area contributed by atoms with Crippen LogP contribution in [0.15, 0.2) is 12.7 Å². The van der Waals surface area contributed by atoms with Gasteiger partial charge < -0.3 is 13.3 Å². The molecule has 118 valence electrons. The molecule has 20 heavy (non-hydrogen) atoms. The Hall–Kier alpha value is -0.436. The number of carbonyl (C=O) groups is 1. The lowest BCUT2D eigenvalue weighted by atomic mass is 10.4. The van der Waals surface area contributed by atoms with Crippen LogP contribution in [0, 0.1) is 0 Å². The predicted octanol–water partition coefficient (Wildman–Crippen LogP) is 3.85. The molecule has 0 bridgehead atoms. The Morgan fingerprint density at radius 1 is 1.15 bits per heavy atom. The number of hydrogen-bond acceptors (Lipinski definition) is 4. The van der Waals surface area contributed by atoms with Crippen LogP contribution in [0.1, 0.15) is 26.2 Å². The largest absolute Gasteiger partial charge is 0.462 e. The van der Waals surface area contributed by atoms with Gasteiger partial charge in [0.15, 0.2) is 8.32 Å². The molecule has 4 nitrogen and oxygen atoms in total. The van der Waals surface area contributed by atoms with Crippen molar-refractivity contribution in [2.24, 2.45) is 0 Å². The summed E-state index contributed by atoms with van der Waals surface area (Å²) in [6, 6.07) is 1.18. The van der Waals surface area contributed by atoms with E-state index in [1.165, 1.54) is 25.0 Å². The molecule has 0 aliphatic heterocycles. The molecule has 0 amide bonds. The minimum absolute atomic E-state index is 0.367. The Morgan fingerprint density at radius 3 is 2.35 bits per heavy atom. The Balaban J connectivity index is 3.94. The van der Waals surface area contributed by atoms with Crippen LogP contribution in [0.25, 0.3) is 0 Å². The zero-order valence-corrected chi connectivity index (χ0v) is 15.7. The van der Waals surface area contributed by atoms with Crippen molar-refractivity contribution in [1.82, 2.24) is 0 Å². The monoisotopic (exact) mass is 318 g/mol. The zero-order chi connectivity index (χ0) is 15.6. The average Bonchev–Trinajstić information content (AvgIpc) is 2.34. The van der Waals surface area contributed by atoms with E-state index in [0.29, 0.717) is 19.6 Å². The summed E-state index contributed by atoms with van der Waals surface area (Å²) in [6.07, 6.45) is 4.29. The minimum Gasteiger partial charge on any atom is -0.462 e. The maximum Gasteiger partial charge on any atom is 0.330 e. The van der Waals surface area contributed by atoms with Crippen molar-refractivity contribution in [3.05, 3.63) is 12.7 Å². The molecule has 0 unspecified atom stereocenters. The van der Waals surface area contributed by atoms with Gasteiger partial charge in [0, 0.05) is 19.1 Å². The molecule has 0 aromatic heterocycles. The van der Waals surface area contributed by atoms with Crippen LogP contribution in [0.3, 0.4) is 0 Å². The van der Waals surface area contributed by atoms with Crippen molar-refractivity contribution in [1.29, 1.82) is 0 Å². The van der Waals surface area contributed by atoms with Gasteiger partial charge in [0.2, 0.25) is 0 Å². The first kappa shape index (κ1) is 19.6. The second-order valence-electron chi connectivity index (χ2n) is 5.94. The van der Waals surface area contributed by atoms with Crippen LogP contribution >= 0.6 is 0 Å². The fraction of sp³-hybridized carbons (Fsp3) is 0.786. The summed E-state index contributed by atoms with van der Waals surface area (Å²) in [5.74, 6) is -0.383. The van der Waals surface area contributed by atoms with Gasteiger partial charge >= 0.3 is 14.5 Å². The Labute approximate surface area is 125 Å². The Kier molecular flexibility index (Phi) is 9.28. The van der Waals surface area contributed by atoms with Gasteiger partial charge in [-0.2, -0.15) is 0 Å². The number of esters is 1. The summed E-state index contributed by atoms with van der Waals surface area (Å²) in [4.78, 5) is 10.9. The van der Waals surface area contributed by atoms with E-state index in [1.54, 1.807) is 0 Å². The second-order valence-corrected chi connectivity index (χ2v) is 13.9. The zero-order valence-electron chi connectivity index (χ0n) is 13.7. The van der Waals surface area contributed by atoms with Crippen molar-refractivity contribution in [3.8, 4) is 0 Å². The molecule has 0 heterocycles. The van der Waals surface area contributed by atoms with Crippen molar-refractivity contribution >= 4 is 22.8 Å². The fourth-order valence-electron chi connectivity index (χ4n) is 1.96. The number of rotatable bonds is 11. The third kappa shape index (κ3) is 10.4. The first-order valence-electron chi connectivity index (χ1n) is 7.36. The van der Waals surface area contributed by atoms with Gasteiger partial charge in [-0.25, -0.2) is 4.79 Å². The molecule has 0 aromatic carbocycles. The highest BCUT2D eigenvalue weighted by molar-refractivity contribution is 6.82. The van der Waals surface area contributed by atoms with E-state index in [4.69, 9.17) is 13.3 Å². The lowest BCUT2D eigenvalue weighted by molar-refractivity contribution is -0.137. The summed E-state index contributed by atoms with van der Waals surface area (Å²) in [5, 5.41) is 0. The molecular formula is C14H30O4Si2. The number of hydrogen-bond donors (Lipinski definition) is 0. The minimum atomic E-state index is -2.07. The first-order chi connectivity index (χ1) is 9.22. The van der Waals surface area contributed by atoms with Gasteiger partial charge in [0.05, 0.1) is 6.61 Å². The lowest BCUT2D eigenvalue weighted by Gasteiger charge is -2.33. The molecule has 0 saturated heterocycles. The predicted molar refractivity (Wildman–Crippen MR) is 87.5 cm³/mol. The number of unbranched alkanes of at least 4 members (excludes halogenated alkanes) is 1. The van der Waals surface area contributed by atoms with Crippen LogP contribution < -0.4 is 0 Å². The molecule has 0 aromatic rings. The van der Waals surface area contributed by atoms with E-state index >= 15 is 0 Å². The quantitative estimate of drug-likeness (QED) is 0.251. The second kappa shape index (κ2) is 9.49. The highest BCUT2D eigenvalue weighted by Gasteiger charge is 2.34. The van der Waals surface area contributed by atoms with Gasteiger partial charge in [-0.1, -0.05) is 26.3 Å². The van der Waals surface area contributed by atoms with Gasteiger partial charge in [-0.3, -0.25) is 0 Å². The van der Waals surface area contributed by atoms with E-state index in [0.717, 1.165) is 0 Å². The van der Waals surface area contributed by atoms with Crippen molar-refractivity contribution < 1.29 is 18.1 Å². The molecule has 0 fully saturated rings. The molecule has 0 saturated carbocycles. The van der Waals surface area contributed by atoms with Crippen LogP contribution in [-0.4, -0.2) is 36.1 Å². The molecule has 0 rings (SSSR count). The van der Waals surface area contributed by atoms with Gasteiger partial charge in [0.1, 0.15) is 0 Å². The summed E-state index contributed by atoms with van der Waals surface area (Å²) in [6.45, 7) is 15.2. The van der Waals surface area contributed by atoms with Crippen LogP contribution in [-0.2, 0) is 18.1 Å². The van der Waals surface area contributed by atoms with Crippen LogP contribution in [0.5, 0.6) is 0 Å². The van der Waals surface area contributed by atoms with E-state index in [1.807, 2.05) is 0 Å². The molecule has 0 radical (unpaired) electrons. The summed E-state index contributed by atoms with van der Waals surface area (Å²) in [7, 11) is -3.69. The molecule has 0 N–H and O–H groups in total. The molecular weight excluding hydrogens is 288 g/mol. The first-order valence-corrected chi connectivity index (χ1v) is 13.3. The van der Waals surface area contributed by atoms with E-state index in [9.17, 15) is 4.79 Å². The summed E-state index contributed by atoms with van der Waals surface area (Å²) < 4.78 is 17.1. The molecule has 6 heteroatoms. The topological polar surface area (TPSA) is 44.8 Å². The third-order valence-electron chi connectivity index (χ3n) is 2.80. The number of carbonyl (C=O) groups excluding carboxylic acids is 1. The smallest absolute Gasteiger partial charge is 0.330 e. The van der Waals surface area contributed by atoms with E-state index in [-0.39, 0.29) is 5.97 Å². The van der Waals surface area contributed by atoms with Gasteiger partial charge in [-0.05, 0) is 32.2 Å². The van der Waals surface area contributed by atoms with Crippen LogP contribution in [0.2, 0.25) is 32.2 Å². The highest BCUT2D eigenvalue weighted by atomic mass is 28.4. The fourth-order valence-corrected chi connectivity index (χ4v) is 9.76. The summed E-state index contributed by atoms with van der Waals surface area (Å²) in [5.41, 5.74) is 0. The van der Waals surface area contributed by atoms with Gasteiger partial charge in [-0.15, -0.1) is 0 Å². The van der Waals surface area contributed by atoms with Gasteiger partial charge in [0.25, 0.3) is 0 Å². The molecule has 0 atom stereocenters. The molecule has 0 spiro atoms. The van der Waals surface area contributed by atoms with Crippen molar-refractivity contribution in [3.63, 3.8) is 0 Å². The highest BCUT2D eigenvalue weighted by Crippen LogP contribution is 2.21. The maximum atomic E-state index is 10.9.